The number of halogens is 1. The SMILES string of the molecule is C[C@@H]1CC(=O)[C@]2(Cl)[C@H]1[C@H]1CC[C@]2(C)C1(C)C. The highest BCUT2D eigenvalue weighted by molar-refractivity contribution is 6.37. The van der Waals surface area contributed by atoms with Crippen LogP contribution >= 0.6 is 11.6 Å². The van der Waals surface area contributed by atoms with E-state index in [1.165, 1.54) is 6.42 Å². The first-order chi connectivity index (χ1) is 7.27. The fraction of sp³-hybridized carbons (Fsp3) is 0.929. The Kier molecular flexibility index (Phi) is 1.86. The number of hydrogen-bond acceptors (Lipinski definition) is 1. The summed E-state index contributed by atoms with van der Waals surface area (Å²) in [7, 11) is 0. The quantitative estimate of drug-likeness (QED) is 0.591. The number of rotatable bonds is 0. The van der Waals surface area contributed by atoms with E-state index >= 15 is 0 Å². The Morgan fingerprint density at radius 1 is 1.31 bits per heavy atom. The molecule has 0 aromatic carbocycles. The van der Waals surface area contributed by atoms with Gasteiger partial charge in [0.1, 0.15) is 4.87 Å². The second kappa shape index (κ2) is 2.68. The van der Waals surface area contributed by atoms with E-state index in [1.54, 1.807) is 0 Å². The van der Waals surface area contributed by atoms with Gasteiger partial charge in [-0.05, 0) is 41.4 Å². The smallest absolute Gasteiger partial charge is 0.154 e. The maximum Gasteiger partial charge on any atom is 0.154 e. The van der Waals surface area contributed by atoms with Crippen LogP contribution in [0.3, 0.4) is 0 Å². The van der Waals surface area contributed by atoms with E-state index < -0.39 is 4.87 Å². The monoisotopic (exact) mass is 240 g/mol. The Hall–Kier alpha value is -0.0400. The fourth-order valence-corrected chi connectivity index (χ4v) is 6.09. The molecular weight excluding hydrogens is 220 g/mol. The molecule has 3 fully saturated rings. The lowest BCUT2D eigenvalue weighted by molar-refractivity contribution is -0.123. The molecule has 90 valence electrons. The standard InChI is InChI=1S/C14H21ClO/c1-8-7-10(16)14(15)11(8)9-5-6-13(14,4)12(9,2)3/h8-9,11H,5-7H2,1-4H3/t8-,9-,11-,13-,14+/m1/s1. The number of ketones is 1. The van der Waals surface area contributed by atoms with Crippen LogP contribution in [-0.4, -0.2) is 10.7 Å². The van der Waals surface area contributed by atoms with Gasteiger partial charge in [0.2, 0.25) is 0 Å². The minimum Gasteiger partial charge on any atom is -0.298 e. The lowest BCUT2D eigenvalue weighted by atomic mass is 9.65. The third-order valence-corrected chi connectivity index (χ3v) is 7.41. The predicted molar refractivity (Wildman–Crippen MR) is 65.5 cm³/mol. The van der Waals surface area contributed by atoms with Gasteiger partial charge in [0.25, 0.3) is 0 Å². The van der Waals surface area contributed by atoms with Gasteiger partial charge in [-0.3, -0.25) is 4.79 Å². The van der Waals surface area contributed by atoms with Crippen LogP contribution in [0.15, 0.2) is 0 Å². The van der Waals surface area contributed by atoms with Gasteiger partial charge in [-0.25, -0.2) is 0 Å². The van der Waals surface area contributed by atoms with Crippen molar-refractivity contribution in [1.29, 1.82) is 0 Å². The zero-order valence-corrected chi connectivity index (χ0v) is 11.4. The van der Waals surface area contributed by atoms with Crippen LogP contribution in [0.2, 0.25) is 0 Å². The van der Waals surface area contributed by atoms with Gasteiger partial charge in [-0.15, -0.1) is 11.6 Å². The van der Waals surface area contributed by atoms with Crippen LogP contribution in [0.25, 0.3) is 0 Å². The molecular formula is C14H21ClO. The first-order valence-corrected chi connectivity index (χ1v) is 6.87. The Bertz CT molecular complexity index is 375. The van der Waals surface area contributed by atoms with Crippen LogP contribution in [0, 0.1) is 28.6 Å². The number of Topliss-reactive ketones (excluding diaryl/α,β-unsaturated/α-hetero) is 1. The van der Waals surface area contributed by atoms with Gasteiger partial charge >= 0.3 is 0 Å². The molecule has 16 heavy (non-hydrogen) atoms. The van der Waals surface area contributed by atoms with Crippen LogP contribution < -0.4 is 0 Å². The van der Waals surface area contributed by atoms with Gasteiger partial charge in [0, 0.05) is 6.42 Å². The van der Waals surface area contributed by atoms with E-state index in [1.807, 2.05) is 0 Å². The van der Waals surface area contributed by atoms with Crippen molar-refractivity contribution in [2.75, 3.05) is 0 Å². The Balaban J connectivity index is 2.21. The summed E-state index contributed by atoms with van der Waals surface area (Å²) in [5.41, 5.74) is 0.239. The molecule has 2 bridgehead atoms. The van der Waals surface area contributed by atoms with E-state index in [0.717, 1.165) is 6.42 Å². The zero-order chi connectivity index (χ0) is 11.9. The molecule has 0 saturated heterocycles. The Labute approximate surface area is 103 Å². The molecule has 3 rings (SSSR count). The summed E-state index contributed by atoms with van der Waals surface area (Å²) in [6.45, 7) is 9.13. The molecule has 3 aliphatic carbocycles. The van der Waals surface area contributed by atoms with Crippen LogP contribution in [0.1, 0.15) is 47.0 Å². The van der Waals surface area contributed by atoms with Crippen molar-refractivity contribution >= 4 is 17.4 Å². The van der Waals surface area contributed by atoms with Crippen molar-refractivity contribution in [3.05, 3.63) is 0 Å². The van der Waals surface area contributed by atoms with Crippen LogP contribution in [0.4, 0.5) is 0 Å². The summed E-state index contributed by atoms with van der Waals surface area (Å²) in [5, 5.41) is 0. The van der Waals surface area contributed by atoms with Crippen LogP contribution in [0.5, 0.6) is 0 Å². The van der Waals surface area contributed by atoms with Crippen molar-refractivity contribution in [2.45, 2.75) is 51.8 Å². The maximum atomic E-state index is 12.3. The molecule has 0 unspecified atom stereocenters. The van der Waals surface area contributed by atoms with Gasteiger partial charge in [-0.2, -0.15) is 0 Å². The van der Waals surface area contributed by atoms with Crippen molar-refractivity contribution in [2.24, 2.45) is 28.6 Å². The number of fused-ring (bicyclic) bond motifs is 5. The van der Waals surface area contributed by atoms with Gasteiger partial charge in [0.15, 0.2) is 5.78 Å². The number of carbonyl (C=O) groups excluding carboxylic acids is 1. The highest BCUT2D eigenvalue weighted by Gasteiger charge is 2.78. The summed E-state index contributed by atoms with van der Waals surface area (Å²) in [6, 6.07) is 0. The summed E-state index contributed by atoms with van der Waals surface area (Å²) < 4.78 is 0. The third kappa shape index (κ3) is 0.805. The topological polar surface area (TPSA) is 17.1 Å². The zero-order valence-electron chi connectivity index (χ0n) is 10.6. The number of hydrogen-bond donors (Lipinski definition) is 0. The molecule has 0 spiro atoms. The molecule has 0 aromatic rings. The van der Waals surface area contributed by atoms with Crippen molar-refractivity contribution < 1.29 is 4.79 Å². The molecule has 0 N–H and O–H groups in total. The first kappa shape index (κ1) is 11.1. The van der Waals surface area contributed by atoms with Crippen molar-refractivity contribution in [3.63, 3.8) is 0 Å². The Morgan fingerprint density at radius 2 is 1.94 bits per heavy atom. The van der Waals surface area contributed by atoms with Gasteiger partial charge < -0.3 is 0 Å². The summed E-state index contributed by atoms with van der Waals surface area (Å²) >= 11 is 6.89. The van der Waals surface area contributed by atoms with E-state index in [-0.39, 0.29) is 10.8 Å². The number of carbonyl (C=O) groups is 1. The van der Waals surface area contributed by atoms with E-state index in [2.05, 4.69) is 27.7 Å². The highest BCUT2D eigenvalue weighted by atomic mass is 35.5. The lowest BCUT2D eigenvalue weighted by Crippen LogP contribution is -2.49. The van der Waals surface area contributed by atoms with Gasteiger partial charge in [-0.1, -0.05) is 27.7 Å². The molecule has 3 aliphatic rings. The van der Waals surface area contributed by atoms with E-state index in [0.29, 0.717) is 30.0 Å². The first-order valence-electron chi connectivity index (χ1n) is 6.49. The fourth-order valence-electron chi connectivity index (χ4n) is 5.31. The Morgan fingerprint density at radius 3 is 2.50 bits per heavy atom. The summed E-state index contributed by atoms with van der Waals surface area (Å²) in [5.74, 6) is 1.88. The van der Waals surface area contributed by atoms with Crippen molar-refractivity contribution in [1.82, 2.24) is 0 Å². The van der Waals surface area contributed by atoms with Crippen molar-refractivity contribution in [3.8, 4) is 0 Å². The molecule has 0 aliphatic heterocycles. The van der Waals surface area contributed by atoms with E-state index in [9.17, 15) is 4.79 Å². The molecule has 0 aromatic heterocycles. The number of alkyl halides is 1. The predicted octanol–water partition coefficient (Wildman–Crippen LogP) is 3.65. The van der Waals surface area contributed by atoms with Crippen LogP contribution in [-0.2, 0) is 4.79 Å². The molecule has 2 heteroatoms. The molecule has 5 atom stereocenters. The second-order valence-electron chi connectivity index (χ2n) is 7.04. The summed E-state index contributed by atoms with van der Waals surface area (Å²) in [6.07, 6.45) is 3.10. The lowest BCUT2D eigenvalue weighted by Gasteiger charge is -2.43. The van der Waals surface area contributed by atoms with Gasteiger partial charge in [0.05, 0.1) is 0 Å². The molecule has 0 amide bonds. The van der Waals surface area contributed by atoms with E-state index in [4.69, 9.17) is 11.6 Å². The minimum absolute atomic E-state index is 0.0126. The normalized spacial score (nSPS) is 58.1. The molecule has 0 heterocycles. The maximum absolute atomic E-state index is 12.3. The largest absolute Gasteiger partial charge is 0.298 e. The molecule has 1 nitrogen and oxygen atoms in total. The third-order valence-electron chi connectivity index (χ3n) is 6.53. The summed E-state index contributed by atoms with van der Waals surface area (Å²) in [4.78, 5) is 11.8. The molecule has 3 saturated carbocycles. The molecule has 0 radical (unpaired) electrons. The highest BCUT2D eigenvalue weighted by Crippen LogP contribution is 2.77. The average molecular weight is 241 g/mol. The minimum atomic E-state index is -0.543. The average Bonchev–Trinajstić information content (AvgIpc) is 2.58. The second-order valence-corrected chi connectivity index (χ2v) is 7.64.